The maximum Gasteiger partial charge on any atom is 0.433 e. The highest BCUT2D eigenvalue weighted by atomic mass is 19.4. The van der Waals surface area contributed by atoms with Crippen molar-refractivity contribution in [1.82, 2.24) is 9.55 Å². The Morgan fingerprint density at radius 2 is 1.33 bits per heavy atom. The lowest BCUT2D eigenvalue weighted by molar-refractivity contribution is -0.143. The first-order valence-electron chi connectivity index (χ1n) is 7.85. The second-order valence-electron chi connectivity index (χ2n) is 6.26. The zero-order chi connectivity index (χ0) is 22.6. The first-order chi connectivity index (χ1) is 13.6. The molecule has 1 aliphatic rings. The van der Waals surface area contributed by atoms with Crippen molar-refractivity contribution in [3.63, 3.8) is 0 Å². The Balaban J connectivity index is 2.09. The van der Waals surface area contributed by atoms with E-state index in [1.165, 1.54) is 0 Å². The van der Waals surface area contributed by atoms with Crippen LogP contribution in [0.3, 0.4) is 0 Å². The SMILES string of the molecule is O=C1Cn2c(nc(C(F)(F)F)cc2=O)N1Cc1cc(C(F)(F)F)cc(C(F)(F)F)c1. The fraction of sp³-hybridized carbons (Fsp3) is 0.312. The number of nitrogens with zero attached hydrogens (tertiary/aromatic N) is 3. The van der Waals surface area contributed by atoms with E-state index in [4.69, 9.17) is 0 Å². The van der Waals surface area contributed by atoms with Crippen molar-refractivity contribution in [3.05, 3.63) is 57.0 Å². The minimum Gasteiger partial charge on any atom is -0.276 e. The van der Waals surface area contributed by atoms with E-state index in [9.17, 15) is 49.1 Å². The summed E-state index contributed by atoms with van der Waals surface area (Å²) in [5.74, 6) is -1.85. The number of carbonyl (C=O) groups is 1. The van der Waals surface area contributed by atoms with Gasteiger partial charge in [-0.1, -0.05) is 0 Å². The van der Waals surface area contributed by atoms with Crippen LogP contribution in [0.5, 0.6) is 0 Å². The molecule has 1 amide bonds. The Labute approximate surface area is 160 Å². The molecule has 1 aromatic carbocycles. The summed E-state index contributed by atoms with van der Waals surface area (Å²) in [6.45, 7) is -1.72. The Morgan fingerprint density at radius 3 is 1.80 bits per heavy atom. The molecule has 0 aliphatic carbocycles. The molecule has 14 heteroatoms. The highest BCUT2D eigenvalue weighted by molar-refractivity contribution is 5.94. The van der Waals surface area contributed by atoms with E-state index in [2.05, 4.69) is 4.98 Å². The smallest absolute Gasteiger partial charge is 0.276 e. The molecule has 0 unspecified atom stereocenters. The van der Waals surface area contributed by atoms with Crippen LogP contribution in [0.2, 0.25) is 0 Å². The van der Waals surface area contributed by atoms with Crippen molar-refractivity contribution in [2.45, 2.75) is 31.6 Å². The summed E-state index contributed by atoms with van der Waals surface area (Å²) in [7, 11) is 0. The second kappa shape index (κ2) is 6.74. The minimum atomic E-state index is -5.15. The van der Waals surface area contributed by atoms with E-state index >= 15 is 0 Å². The van der Waals surface area contributed by atoms with Gasteiger partial charge in [-0.05, 0) is 23.8 Å². The number of amides is 1. The summed E-state index contributed by atoms with van der Waals surface area (Å²) in [5.41, 5.74) is -6.88. The third kappa shape index (κ3) is 4.11. The van der Waals surface area contributed by atoms with Crippen LogP contribution in [0.1, 0.15) is 22.4 Å². The van der Waals surface area contributed by atoms with E-state index in [1.807, 2.05) is 0 Å². The molecule has 3 rings (SSSR count). The van der Waals surface area contributed by atoms with Gasteiger partial charge in [0.2, 0.25) is 11.9 Å². The van der Waals surface area contributed by atoms with E-state index in [0.717, 1.165) is 0 Å². The molecule has 2 aromatic rings. The van der Waals surface area contributed by atoms with Gasteiger partial charge in [0.1, 0.15) is 6.54 Å². The minimum absolute atomic E-state index is 0.131. The standard InChI is InChI=1S/C16H8F9N3O2/c17-14(18,19)8-1-7(2-9(3-8)15(20,21)22)5-27-12(30)6-28-11(29)4-10(16(23,24)25)26-13(27)28/h1-4H,5-6H2. The third-order valence-electron chi connectivity index (χ3n) is 4.10. The molecular weight excluding hydrogens is 437 g/mol. The number of hydrogen-bond acceptors (Lipinski definition) is 3. The van der Waals surface area contributed by atoms with Crippen LogP contribution in [0, 0.1) is 0 Å². The van der Waals surface area contributed by atoms with Gasteiger partial charge in [0.15, 0.2) is 5.69 Å². The predicted molar refractivity (Wildman–Crippen MR) is 81.1 cm³/mol. The molecule has 30 heavy (non-hydrogen) atoms. The lowest BCUT2D eigenvalue weighted by atomic mass is 10.0. The van der Waals surface area contributed by atoms with Crippen LogP contribution in [-0.4, -0.2) is 15.5 Å². The Kier molecular flexibility index (Phi) is 4.86. The number of rotatable bonds is 2. The molecule has 0 N–H and O–H groups in total. The van der Waals surface area contributed by atoms with Crippen LogP contribution in [0.4, 0.5) is 45.5 Å². The quantitative estimate of drug-likeness (QED) is 0.661. The highest BCUT2D eigenvalue weighted by Crippen LogP contribution is 2.37. The Bertz CT molecular complexity index is 1040. The van der Waals surface area contributed by atoms with Gasteiger partial charge in [0.05, 0.1) is 17.7 Å². The zero-order valence-electron chi connectivity index (χ0n) is 14.3. The highest BCUT2D eigenvalue weighted by Gasteiger charge is 2.40. The summed E-state index contributed by atoms with van der Waals surface area (Å²) < 4.78 is 117. The summed E-state index contributed by atoms with van der Waals surface area (Å²) in [6, 6.07) is 0.661. The number of hydrogen-bond donors (Lipinski definition) is 0. The number of aromatic nitrogens is 2. The molecule has 2 heterocycles. The summed E-state index contributed by atoms with van der Waals surface area (Å²) >= 11 is 0. The maximum absolute atomic E-state index is 13.0. The molecule has 0 atom stereocenters. The van der Waals surface area contributed by atoms with Gasteiger partial charge >= 0.3 is 18.5 Å². The fourth-order valence-electron chi connectivity index (χ4n) is 2.78. The number of halogens is 9. The number of fused-ring (bicyclic) bond motifs is 1. The van der Waals surface area contributed by atoms with Crippen LogP contribution < -0.4 is 10.5 Å². The van der Waals surface area contributed by atoms with Gasteiger partial charge < -0.3 is 0 Å². The number of carbonyl (C=O) groups excluding carboxylic acids is 1. The van der Waals surface area contributed by atoms with Crippen molar-refractivity contribution in [1.29, 1.82) is 0 Å². The molecule has 0 saturated heterocycles. The summed E-state index contributed by atoms with van der Waals surface area (Å²) in [4.78, 5) is 27.5. The van der Waals surface area contributed by atoms with Gasteiger partial charge in [-0.3, -0.25) is 19.1 Å². The normalized spacial score (nSPS) is 15.0. The fourth-order valence-corrected chi connectivity index (χ4v) is 2.78. The average molecular weight is 445 g/mol. The Hall–Kier alpha value is -3.06. The Morgan fingerprint density at radius 1 is 0.800 bits per heavy atom. The maximum atomic E-state index is 13.0. The van der Waals surface area contributed by atoms with Gasteiger partial charge in [-0.25, -0.2) is 4.98 Å². The number of alkyl halides is 9. The first-order valence-corrected chi connectivity index (χ1v) is 7.85. The second-order valence-corrected chi connectivity index (χ2v) is 6.26. The van der Waals surface area contributed by atoms with E-state index < -0.39 is 71.4 Å². The summed E-state index contributed by atoms with van der Waals surface area (Å²) in [6.07, 6.45) is -15.4. The van der Waals surface area contributed by atoms with Crippen molar-refractivity contribution in [2.24, 2.45) is 0 Å². The van der Waals surface area contributed by atoms with E-state index in [1.54, 1.807) is 0 Å². The zero-order valence-corrected chi connectivity index (χ0v) is 14.3. The third-order valence-corrected chi connectivity index (χ3v) is 4.10. The topological polar surface area (TPSA) is 55.2 Å². The average Bonchev–Trinajstić information content (AvgIpc) is 2.89. The van der Waals surface area contributed by atoms with Gasteiger partial charge in [0.25, 0.3) is 5.56 Å². The monoisotopic (exact) mass is 445 g/mol. The van der Waals surface area contributed by atoms with Gasteiger partial charge in [-0.15, -0.1) is 0 Å². The molecule has 1 aromatic heterocycles. The molecule has 162 valence electrons. The predicted octanol–water partition coefficient (Wildman–Crippen LogP) is 3.85. The lowest BCUT2D eigenvalue weighted by Crippen LogP contribution is -2.28. The van der Waals surface area contributed by atoms with Crippen LogP contribution >= 0.6 is 0 Å². The van der Waals surface area contributed by atoms with Crippen LogP contribution in [-0.2, 0) is 36.4 Å². The molecule has 0 bridgehead atoms. The van der Waals surface area contributed by atoms with Crippen molar-refractivity contribution in [3.8, 4) is 0 Å². The van der Waals surface area contributed by atoms with Gasteiger partial charge in [-0.2, -0.15) is 39.5 Å². The molecular formula is C16H8F9N3O2. The molecule has 0 fully saturated rings. The van der Waals surface area contributed by atoms with Crippen LogP contribution in [0.15, 0.2) is 29.1 Å². The first kappa shape index (κ1) is 21.6. The molecule has 0 saturated carbocycles. The molecule has 5 nitrogen and oxygen atoms in total. The lowest BCUT2D eigenvalue weighted by Gasteiger charge is -2.19. The molecule has 1 aliphatic heterocycles. The van der Waals surface area contributed by atoms with Crippen molar-refractivity contribution >= 4 is 11.9 Å². The molecule has 0 radical (unpaired) electrons. The van der Waals surface area contributed by atoms with E-state index in [0.29, 0.717) is 21.6 Å². The number of anilines is 1. The van der Waals surface area contributed by atoms with Crippen molar-refractivity contribution < 1.29 is 44.3 Å². The van der Waals surface area contributed by atoms with Gasteiger partial charge in [0, 0.05) is 6.07 Å². The van der Waals surface area contributed by atoms with E-state index in [-0.39, 0.29) is 12.1 Å². The number of benzene rings is 1. The van der Waals surface area contributed by atoms with Crippen LogP contribution in [0.25, 0.3) is 0 Å². The largest absolute Gasteiger partial charge is 0.433 e. The summed E-state index contributed by atoms with van der Waals surface area (Å²) in [5, 5.41) is 0. The van der Waals surface area contributed by atoms with Crippen molar-refractivity contribution in [2.75, 3.05) is 4.90 Å². The molecule has 0 spiro atoms.